The van der Waals surface area contributed by atoms with Crippen molar-refractivity contribution in [1.29, 1.82) is 0 Å². The second-order valence-electron chi connectivity index (χ2n) is 3.45. The van der Waals surface area contributed by atoms with Crippen LogP contribution in [0.1, 0.15) is 21.9 Å². The fourth-order valence-electron chi connectivity index (χ4n) is 1.18. The lowest BCUT2D eigenvalue weighted by molar-refractivity contribution is -0.137. The lowest BCUT2D eigenvalue weighted by Crippen LogP contribution is -2.32. The standard InChI is InChI=1S/C10H13NO5S/c1-5-7(9(12)13)2-6(16-5)3-17-4-8(11)10(14)15/h2,8H,3-4,11H2,1H3,(H,12,13)(H,14,15)/t8-/m0/s1. The van der Waals surface area contributed by atoms with Crippen LogP contribution >= 0.6 is 11.8 Å². The molecule has 0 spiro atoms. The molecular formula is C10H13NO5S. The third kappa shape index (κ3) is 3.79. The number of furan rings is 1. The first-order valence-electron chi connectivity index (χ1n) is 4.80. The van der Waals surface area contributed by atoms with Crippen molar-refractivity contribution in [2.45, 2.75) is 18.7 Å². The molecule has 17 heavy (non-hydrogen) atoms. The second kappa shape index (κ2) is 5.74. The molecular weight excluding hydrogens is 246 g/mol. The molecule has 94 valence electrons. The van der Waals surface area contributed by atoms with Gasteiger partial charge in [0.2, 0.25) is 0 Å². The van der Waals surface area contributed by atoms with Gasteiger partial charge in [-0.25, -0.2) is 4.79 Å². The number of hydrogen-bond acceptors (Lipinski definition) is 5. The van der Waals surface area contributed by atoms with E-state index in [1.165, 1.54) is 17.8 Å². The Morgan fingerprint density at radius 3 is 2.65 bits per heavy atom. The van der Waals surface area contributed by atoms with Gasteiger partial charge >= 0.3 is 11.9 Å². The van der Waals surface area contributed by atoms with Gasteiger partial charge in [0.1, 0.15) is 23.1 Å². The molecule has 1 rings (SSSR count). The topological polar surface area (TPSA) is 114 Å². The zero-order chi connectivity index (χ0) is 13.0. The van der Waals surface area contributed by atoms with Gasteiger partial charge in [-0.1, -0.05) is 0 Å². The number of carboxylic acids is 2. The summed E-state index contributed by atoms with van der Waals surface area (Å²) in [4.78, 5) is 21.2. The van der Waals surface area contributed by atoms with E-state index in [2.05, 4.69) is 0 Å². The second-order valence-corrected chi connectivity index (χ2v) is 4.48. The van der Waals surface area contributed by atoms with E-state index in [0.717, 1.165) is 0 Å². The van der Waals surface area contributed by atoms with Crippen molar-refractivity contribution in [3.05, 3.63) is 23.2 Å². The summed E-state index contributed by atoms with van der Waals surface area (Å²) in [5.41, 5.74) is 5.45. The molecule has 0 aromatic carbocycles. The Hall–Kier alpha value is -1.47. The minimum atomic E-state index is -1.06. The van der Waals surface area contributed by atoms with Gasteiger partial charge in [0.15, 0.2) is 0 Å². The highest BCUT2D eigenvalue weighted by Gasteiger charge is 2.15. The van der Waals surface area contributed by atoms with E-state index in [-0.39, 0.29) is 11.3 Å². The van der Waals surface area contributed by atoms with Gasteiger partial charge in [-0.15, -0.1) is 0 Å². The summed E-state index contributed by atoms with van der Waals surface area (Å²) in [5.74, 6) is -0.603. The predicted octanol–water partition coefficient (Wildman–Crippen LogP) is 0.931. The number of aliphatic carboxylic acids is 1. The van der Waals surface area contributed by atoms with Gasteiger partial charge in [0.25, 0.3) is 0 Å². The number of aromatic carboxylic acids is 1. The Morgan fingerprint density at radius 2 is 2.18 bits per heavy atom. The monoisotopic (exact) mass is 259 g/mol. The summed E-state index contributed by atoms with van der Waals surface area (Å²) >= 11 is 1.28. The first-order valence-corrected chi connectivity index (χ1v) is 5.96. The van der Waals surface area contributed by atoms with Crippen LogP contribution in [-0.2, 0) is 10.5 Å². The summed E-state index contributed by atoms with van der Waals surface area (Å²) in [7, 11) is 0. The number of aryl methyl sites for hydroxylation is 1. The van der Waals surface area contributed by atoms with Crippen LogP contribution in [0, 0.1) is 6.92 Å². The Balaban J connectivity index is 2.50. The molecule has 0 aliphatic carbocycles. The van der Waals surface area contributed by atoms with Crippen LogP contribution in [0.15, 0.2) is 10.5 Å². The summed E-state index contributed by atoms with van der Waals surface area (Å²) in [6.45, 7) is 1.57. The highest BCUT2D eigenvalue weighted by molar-refractivity contribution is 7.98. The number of hydrogen-bond donors (Lipinski definition) is 3. The van der Waals surface area contributed by atoms with Gasteiger partial charge in [0.05, 0.1) is 5.75 Å². The first kappa shape index (κ1) is 13.6. The van der Waals surface area contributed by atoms with Gasteiger partial charge in [0, 0.05) is 5.75 Å². The molecule has 0 amide bonds. The van der Waals surface area contributed by atoms with Crippen molar-refractivity contribution in [2.75, 3.05) is 5.75 Å². The van der Waals surface area contributed by atoms with Crippen LogP contribution < -0.4 is 5.73 Å². The average molecular weight is 259 g/mol. The predicted molar refractivity (Wildman–Crippen MR) is 62.2 cm³/mol. The quantitative estimate of drug-likeness (QED) is 0.696. The number of carboxylic acid groups (broad SMARTS) is 2. The lowest BCUT2D eigenvalue weighted by Gasteiger charge is -2.03. The summed E-state index contributed by atoms with van der Waals surface area (Å²) in [5, 5.41) is 17.4. The lowest BCUT2D eigenvalue weighted by atomic mass is 10.2. The van der Waals surface area contributed by atoms with Crippen molar-refractivity contribution >= 4 is 23.7 Å². The zero-order valence-corrected chi connectivity index (χ0v) is 9.99. The largest absolute Gasteiger partial charge is 0.480 e. The van der Waals surface area contributed by atoms with E-state index in [0.29, 0.717) is 17.3 Å². The molecule has 0 aliphatic heterocycles. The number of rotatable bonds is 6. The molecule has 4 N–H and O–H groups in total. The fourth-order valence-corrected chi connectivity index (χ4v) is 2.04. The van der Waals surface area contributed by atoms with E-state index < -0.39 is 18.0 Å². The van der Waals surface area contributed by atoms with Crippen LogP contribution in [0.2, 0.25) is 0 Å². The molecule has 1 heterocycles. The normalized spacial score (nSPS) is 12.4. The van der Waals surface area contributed by atoms with Crippen LogP contribution in [0.3, 0.4) is 0 Å². The molecule has 0 aliphatic rings. The van der Waals surface area contributed by atoms with Crippen molar-refractivity contribution in [3.8, 4) is 0 Å². The fraction of sp³-hybridized carbons (Fsp3) is 0.400. The maximum absolute atomic E-state index is 10.7. The minimum absolute atomic E-state index is 0.128. The van der Waals surface area contributed by atoms with Crippen LogP contribution in [0.5, 0.6) is 0 Å². The summed E-state index contributed by atoms with van der Waals surface area (Å²) in [6.07, 6.45) is 0. The van der Waals surface area contributed by atoms with Crippen molar-refractivity contribution in [1.82, 2.24) is 0 Å². The average Bonchev–Trinajstić information content (AvgIpc) is 2.59. The van der Waals surface area contributed by atoms with Crippen molar-refractivity contribution in [2.24, 2.45) is 5.73 Å². The number of carbonyl (C=O) groups is 2. The van der Waals surface area contributed by atoms with E-state index in [9.17, 15) is 9.59 Å². The Morgan fingerprint density at radius 1 is 1.53 bits per heavy atom. The summed E-state index contributed by atoms with van der Waals surface area (Å²) in [6, 6.07) is 0.520. The molecule has 6 nitrogen and oxygen atoms in total. The van der Waals surface area contributed by atoms with E-state index in [1.807, 2.05) is 0 Å². The molecule has 1 aromatic heterocycles. The highest BCUT2D eigenvalue weighted by Crippen LogP contribution is 2.19. The molecule has 0 saturated heterocycles. The number of thioether (sulfide) groups is 1. The Bertz CT molecular complexity index is 428. The molecule has 0 saturated carbocycles. The molecule has 0 radical (unpaired) electrons. The highest BCUT2D eigenvalue weighted by atomic mass is 32.2. The molecule has 1 aromatic rings. The van der Waals surface area contributed by atoms with Gasteiger partial charge < -0.3 is 20.4 Å². The third-order valence-electron chi connectivity index (χ3n) is 2.06. The molecule has 0 unspecified atom stereocenters. The SMILES string of the molecule is Cc1oc(CSC[C@H](N)C(=O)O)cc1C(=O)O. The zero-order valence-electron chi connectivity index (χ0n) is 9.17. The van der Waals surface area contributed by atoms with E-state index in [4.69, 9.17) is 20.4 Å². The Kier molecular flexibility index (Phi) is 4.59. The summed E-state index contributed by atoms with van der Waals surface area (Å²) < 4.78 is 5.23. The van der Waals surface area contributed by atoms with Crippen molar-refractivity contribution in [3.63, 3.8) is 0 Å². The minimum Gasteiger partial charge on any atom is -0.480 e. The van der Waals surface area contributed by atoms with Gasteiger partial charge in [-0.3, -0.25) is 4.79 Å². The molecule has 0 bridgehead atoms. The number of nitrogens with two attached hydrogens (primary N) is 1. The smallest absolute Gasteiger partial charge is 0.339 e. The maximum atomic E-state index is 10.7. The molecule has 7 heteroatoms. The Labute approximate surface area is 102 Å². The first-order chi connectivity index (χ1) is 7.91. The van der Waals surface area contributed by atoms with Crippen molar-refractivity contribution < 1.29 is 24.2 Å². The van der Waals surface area contributed by atoms with Crippen LogP contribution in [-0.4, -0.2) is 33.9 Å². The third-order valence-corrected chi connectivity index (χ3v) is 3.14. The van der Waals surface area contributed by atoms with E-state index >= 15 is 0 Å². The van der Waals surface area contributed by atoms with Crippen LogP contribution in [0.25, 0.3) is 0 Å². The molecule has 1 atom stereocenters. The van der Waals surface area contributed by atoms with Gasteiger partial charge in [-0.2, -0.15) is 11.8 Å². The maximum Gasteiger partial charge on any atom is 0.339 e. The van der Waals surface area contributed by atoms with Crippen LogP contribution in [0.4, 0.5) is 0 Å². The molecule has 0 fully saturated rings. The van der Waals surface area contributed by atoms with Gasteiger partial charge in [-0.05, 0) is 13.0 Å². The van der Waals surface area contributed by atoms with E-state index in [1.54, 1.807) is 6.92 Å².